The summed E-state index contributed by atoms with van der Waals surface area (Å²) in [5.74, 6) is -2.18. The average molecular weight is 323 g/mol. The second-order valence-corrected chi connectivity index (χ2v) is 5.68. The van der Waals surface area contributed by atoms with Gasteiger partial charge in [-0.25, -0.2) is 8.78 Å². The van der Waals surface area contributed by atoms with Crippen LogP contribution in [0.5, 0.6) is 0 Å². The van der Waals surface area contributed by atoms with Crippen molar-refractivity contribution in [2.75, 3.05) is 20.2 Å². The zero-order valence-corrected chi connectivity index (χ0v) is 13.0. The van der Waals surface area contributed by atoms with Gasteiger partial charge < -0.3 is 20.4 Å². The van der Waals surface area contributed by atoms with E-state index >= 15 is 0 Å². The number of hydrogen-bond donors (Lipinski definition) is 3. The number of amides is 1. The van der Waals surface area contributed by atoms with Gasteiger partial charge in [-0.2, -0.15) is 0 Å². The summed E-state index contributed by atoms with van der Waals surface area (Å²) < 4.78 is 33.2. The van der Waals surface area contributed by atoms with Gasteiger partial charge in [-0.05, 0) is 24.1 Å². The number of fused-ring (bicyclic) bond motifs is 1. The quantitative estimate of drug-likeness (QED) is 0.803. The first-order valence-corrected chi connectivity index (χ1v) is 7.59. The van der Waals surface area contributed by atoms with Crippen molar-refractivity contribution in [1.29, 1.82) is 0 Å². The van der Waals surface area contributed by atoms with Gasteiger partial charge in [0.15, 0.2) is 11.6 Å². The molecular weight excluding hydrogens is 304 g/mol. The Morgan fingerprint density at radius 1 is 1.35 bits per heavy atom. The van der Waals surface area contributed by atoms with Gasteiger partial charge in [0.05, 0.1) is 17.7 Å². The maximum absolute atomic E-state index is 14.1. The molecule has 2 atom stereocenters. The van der Waals surface area contributed by atoms with E-state index in [9.17, 15) is 13.6 Å². The monoisotopic (exact) mass is 323 g/mol. The lowest BCUT2D eigenvalue weighted by Gasteiger charge is -2.17. The van der Waals surface area contributed by atoms with E-state index in [1.807, 2.05) is 0 Å². The minimum absolute atomic E-state index is 0.0117. The molecule has 1 aliphatic heterocycles. The summed E-state index contributed by atoms with van der Waals surface area (Å²) in [7, 11) is 1.59. The Balaban J connectivity index is 1.88. The fourth-order valence-electron chi connectivity index (χ4n) is 2.94. The Morgan fingerprint density at radius 2 is 2.13 bits per heavy atom. The average Bonchev–Trinajstić information content (AvgIpc) is 3.17. The molecule has 0 saturated carbocycles. The van der Waals surface area contributed by atoms with Crippen molar-refractivity contribution >= 4 is 16.8 Å². The van der Waals surface area contributed by atoms with Crippen LogP contribution in [0.3, 0.4) is 0 Å². The van der Waals surface area contributed by atoms with Gasteiger partial charge in [0, 0.05) is 25.6 Å². The predicted molar refractivity (Wildman–Crippen MR) is 82.5 cm³/mol. The van der Waals surface area contributed by atoms with Crippen LogP contribution in [0.15, 0.2) is 12.1 Å². The molecule has 0 radical (unpaired) electrons. The molecule has 0 aliphatic carbocycles. The highest BCUT2D eigenvalue weighted by Gasteiger charge is 2.29. The lowest BCUT2D eigenvalue weighted by Crippen LogP contribution is -2.43. The maximum atomic E-state index is 14.1. The first-order valence-electron chi connectivity index (χ1n) is 7.59. The van der Waals surface area contributed by atoms with E-state index in [1.165, 1.54) is 6.07 Å². The molecule has 2 heterocycles. The summed E-state index contributed by atoms with van der Waals surface area (Å²) in [6.45, 7) is 3.02. The minimum Gasteiger partial charge on any atom is -0.378 e. The molecule has 1 aliphatic rings. The second-order valence-electron chi connectivity index (χ2n) is 5.68. The summed E-state index contributed by atoms with van der Waals surface area (Å²) in [6.07, 6.45) is 0.276. The van der Waals surface area contributed by atoms with Crippen LogP contribution in [-0.2, 0) is 11.2 Å². The van der Waals surface area contributed by atoms with E-state index in [1.54, 1.807) is 20.1 Å². The van der Waals surface area contributed by atoms with Crippen molar-refractivity contribution < 1.29 is 18.3 Å². The molecule has 3 rings (SSSR count). The van der Waals surface area contributed by atoms with Gasteiger partial charge in [-0.15, -0.1) is 0 Å². The molecule has 124 valence electrons. The zero-order chi connectivity index (χ0) is 16.6. The molecule has 5 nitrogen and oxygen atoms in total. The Kier molecular flexibility index (Phi) is 4.32. The molecule has 7 heteroatoms. The van der Waals surface area contributed by atoms with E-state index < -0.39 is 11.6 Å². The molecule has 1 saturated heterocycles. The maximum Gasteiger partial charge on any atom is 0.268 e. The molecule has 1 fully saturated rings. The molecule has 1 aromatic carbocycles. The predicted octanol–water partition coefficient (Wildman–Crippen LogP) is 1.73. The van der Waals surface area contributed by atoms with Gasteiger partial charge in [-0.3, -0.25) is 4.79 Å². The molecule has 1 amide bonds. The number of ether oxygens (including phenoxy) is 1. The number of nitrogens with one attached hydrogen (secondary N) is 3. The van der Waals surface area contributed by atoms with Crippen molar-refractivity contribution in [3.8, 4) is 0 Å². The van der Waals surface area contributed by atoms with Gasteiger partial charge in [0.25, 0.3) is 5.91 Å². The van der Waals surface area contributed by atoms with E-state index in [2.05, 4.69) is 15.6 Å². The lowest BCUT2D eigenvalue weighted by molar-refractivity contribution is 0.0777. The SMILES string of the molecule is CCc1cc2cc(C(=O)N[C@H]3CNC[C@@H]3OC)[nH]c2c(F)c1F. The Hall–Kier alpha value is -1.99. The first kappa shape index (κ1) is 15.9. The second kappa shape index (κ2) is 6.25. The molecule has 0 spiro atoms. The third kappa shape index (κ3) is 2.82. The number of aryl methyl sites for hydroxylation is 1. The third-order valence-corrected chi connectivity index (χ3v) is 4.28. The Morgan fingerprint density at radius 3 is 2.83 bits per heavy atom. The van der Waals surface area contributed by atoms with Crippen LogP contribution in [0.2, 0.25) is 0 Å². The number of halogens is 2. The highest BCUT2D eigenvalue weighted by molar-refractivity contribution is 5.98. The lowest BCUT2D eigenvalue weighted by atomic mass is 10.1. The summed E-state index contributed by atoms with van der Waals surface area (Å²) >= 11 is 0. The molecule has 3 N–H and O–H groups in total. The van der Waals surface area contributed by atoms with E-state index in [0.29, 0.717) is 30.5 Å². The summed E-state index contributed by atoms with van der Waals surface area (Å²) in [6, 6.07) is 2.94. The van der Waals surface area contributed by atoms with Gasteiger partial charge in [0.2, 0.25) is 0 Å². The van der Waals surface area contributed by atoms with Crippen LogP contribution in [0.1, 0.15) is 23.0 Å². The standard InChI is InChI=1S/C16H19F2N3O2/c1-3-8-4-9-5-10(20-15(9)14(18)13(8)17)16(22)21-11-6-19-7-12(11)23-2/h4-5,11-12,19-20H,3,6-7H2,1-2H3,(H,21,22)/t11-,12-/m0/s1. The molecule has 1 aromatic heterocycles. The van der Waals surface area contributed by atoms with Gasteiger partial charge in [-0.1, -0.05) is 6.92 Å². The summed E-state index contributed by atoms with van der Waals surface area (Å²) in [5, 5.41) is 6.46. The van der Waals surface area contributed by atoms with Crippen LogP contribution < -0.4 is 10.6 Å². The van der Waals surface area contributed by atoms with Crippen LogP contribution in [0.25, 0.3) is 10.9 Å². The Bertz CT molecular complexity index is 744. The highest BCUT2D eigenvalue weighted by atomic mass is 19.2. The number of carbonyl (C=O) groups is 1. The number of aromatic nitrogens is 1. The number of H-pyrrole nitrogens is 1. The van der Waals surface area contributed by atoms with Crippen LogP contribution in [0, 0.1) is 11.6 Å². The molecule has 23 heavy (non-hydrogen) atoms. The van der Waals surface area contributed by atoms with Crippen molar-refractivity contribution in [3.05, 3.63) is 35.0 Å². The topological polar surface area (TPSA) is 66.2 Å². The number of carbonyl (C=O) groups excluding carboxylic acids is 1. The van der Waals surface area contributed by atoms with Gasteiger partial charge >= 0.3 is 0 Å². The van der Waals surface area contributed by atoms with Crippen LogP contribution >= 0.6 is 0 Å². The number of rotatable bonds is 4. The number of methoxy groups -OCH3 is 1. The molecule has 2 aromatic rings. The third-order valence-electron chi connectivity index (χ3n) is 4.28. The highest BCUT2D eigenvalue weighted by Crippen LogP contribution is 2.24. The normalized spacial score (nSPS) is 21.0. The van der Waals surface area contributed by atoms with E-state index in [4.69, 9.17) is 4.74 Å². The smallest absolute Gasteiger partial charge is 0.268 e. The van der Waals surface area contributed by atoms with Crippen molar-refractivity contribution in [2.45, 2.75) is 25.5 Å². The van der Waals surface area contributed by atoms with E-state index in [-0.39, 0.29) is 29.3 Å². The molecular formula is C16H19F2N3O2. The van der Waals surface area contributed by atoms with Crippen molar-refractivity contribution in [1.82, 2.24) is 15.6 Å². The number of benzene rings is 1. The van der Waals surface area contributed by atoms with Crippen molar-refractivity contribution in [2.24, 2.45) is 0 Å². The Labute approximate surface area is 132 Å². The zero-order valence-electron chi connectivity index (χ0n) is 13.0. The van der Waals surface area contributed by atoms with Gasteiger partial charge in [0.1, 0.15) is 5.69 Å². The van der Waals surface area contributed by atoms with Crippen LogP contribution in [0.4, 0.5) is 8.78 Å². The fourth-order valence-corrected chi connectivity index (χ4v) is 2.94. The van der Waals surface area contributed by atoms with E-state index in [0.717, 1.165) is 0 Å². The van der Waals surface area contributed by atoms with Crippen LogP contribution in [-0.4, -0.2) is 43.2 Å². The molecule has 0 bridgehead atoms. The fraction of sp³-hybridized carbons (Fsp3) is 0.438. The summed E-state index contributed by atoms with van der Waals surface area (Å²) in [4.78, 5) is 15.0. The first-order chi connectivity index (χ1) is 11.0. The largest absolute Gasteiger partial charge is 0.378 e. The minimum atomic E-state index is -0.948. The summed E-state index contributed by atoms with van der Waals surface area (Å²) in [5.41, 5.74) is 0.506. The number of aromatic amines is 1. The van der Waals surface area contributed by atoms with Crippen molar-refractivity contribution in [3.63, 3.8) is 0 Å². The number of hydrogen-bond acceptors (Lipinski definition) is 3. The molecule has 0 unspecified atom stereocenters.